The van der Waals surface area contributed by atoms with E-state index in [-0.39, 0.29) is 18.4 Å². The number of hydrogen-bond acceptors (Lipinski definition) is 1. The molecule has 0 radical (unpaired) electrons. The summed E-state index contributed by atoms with van der Waals surface area (Å²) >= 11 is 0. The first-order chi connectivity index (χ1) is 10.8. The van der Waals surface area contributed by atoms with Gasteiger partial charge in [-0.2, -0.15) is 0 Å². The Morgan fingerprint density at radius 2 is 1.39 bits per heavy atom. The van der Waals surface area contributed by atoms with E-state index in [1.54, 1.807) is 0 Å². The molecule has 0 unspecified atom stereocenters. The van der Waals surface area contributed by atoms with E-state index in [0.717, 1.165) is 0 Å². The summed E-state index contributed by atoms with van der Waals surface area (Å²) < 4.78 is 0. The van der Waals surface area contributed by atoms with Crippen LogP contribution in [0.25, 0.3) is 32.3 Å². The highest BCUT2D eigenvalue weighted by molar-refractivity contribution is 6.23. The average Bonchev–Trinajstić information content (AvgIpc) is 2.50. The second-order valence-corrected chi connectivity index (χ2v) is 6.73. The maximum Gasteiger partial charge on any atom is 0.0329 e. The molecule has 1 nitrogen and oxygen atoms in total. The molecule has 4 aromatic carbocycles. The van der Waals surface area contributed by atoms with E-state index in [2.05, 4.69) is 54.6 Å². The van der Waals surface area contributed by atoms with Gasteiger partial charge in [-0.05, 0) is 56.6 Å². The van der Waals surface area contributed by atoms with Crippen molar-refractivity contribution in [1.29, 1.82) is 0 Å². The second-order valence-electron chi connectivity index (χ2n) is 6.73. The Bertz CT molecular complexity index is 971. The second kappa shape index (κ2) is 5.36. The summed E-state index contributed by atoms with van der Waals surface area (Å²) in [5.41, 5.74) is 7.93. The van der Waals surface area contributed by atoms with Gasteiger partial charge in [0.1, 0.15) is 0 Å². The predicted molar refractivity (Wildman–Crippen MR) is 102 cm³/mol. The van der Waals surface area contributed by atoms with Crippen LogP contribution in [-0.2, 0) is 0 Å². The lowest BCUT2D eigenvalue weighted by Gasteiger charge is -2.32. The first kappa shape index (κ1) is 14.7. The topological polar surface area (TPSA) is 26.0 Å². The number of halogens is 1. The van der Waals surface area contributed by atoms with Gasteiger partial charge in [0.05, 0.1) is 0 Å². The molecule has 0 bridgehead atoms. The summed E-state index contributed by atoms with van der Waals surface area (Å²) in [6, 6.07) is 20.2. The Morgan fingerprint density at radius 1 is 0.783 bits per heavy atom. The van der Waals surface area contributed by atoms with Crippen LogP contribution < -0.4 is 5.73 Å². The van der Waals surface area contributed by atoms with E-state index < -0.39 is 0 Å². The summed E-state index contributed by atoms with van der Waals surface area (Å²) in [6.07, 6.45) is 3.90. The van der Waals surface area contributed by atoms with Crippen LogP contribution in [0.3, 0.4) is 0 Å². The molecular formula is C21H20ClN. The van der Waals surface area contributed by atoms with Crippen LogP contribution in [0, 0.1) is 5.92 Å². The average molecular weight is 322 g/mol. The molecule has 23 heavy (non-hydrogen) atoms. The molecule has 1 saturated carbocycles. The fraction of sp³-hybridized carbons (Fsp3) is 0.238. The lowest BCUT2D eigenvalue weighted by molar-refractivity contribution is 0.265. The number of benzene rings is 4. The van der Waals surface area contributed by atoms with Crippen LogP contribution >= 0.6 is 12.4 Å². The zero-order chi connectivity index (χ0) is 14.7. The quantitative estimate of drug-likeness (QED) is 0.463. The van der Waals surface area contributed by atoms with Crippen molar-refractivity contribution in [2.24, 2.45) is 11.7 Å². The first-order valence-electron chi connectivity index (χ1n) is 8.25. The molecule has 1 atom stereocenters. The van der Waals surface area contributed by atoms with Gasteiger partial charge in [-0.15, -0.1) is 12.4 Å². The molecule has 2 heteroatoms. The Hall–Kier alpha value is -1.83. The molecule has 0 amide bonds. The molecule has 1 fully saturated rings. The van der Waals surface area contributed by atoms with E-state index in [1.165, 1.54) is 57.1 Å². The van der Waals surface area contributed by atoms with Crippen molar-refractivity contribution in [3.8, 4) is 0 Å². The van der Waals surface area contributed by atoms with Gasteiger partial charge in [0, 0.05) is 6.04 Å². The van der Waals surface area contributed by atoms with Crippen molar-refractivity contribution in [3.05, 3.63) is 60.2 Å². The minimum Gasteiger partial charge on any atom is -0.324 e. The number of nitrogens with two attached hydrogens (primary N) is 1. The minimum absolute atomic E-state index is 0. The molecule has 4 aromatic rings. The van der Waals surface area contributed by atoms with Gasteiger partial charge < -0.3 is 5.73 Å². The van der Waals surface area contributed by atoms with E-state index >= 15 is 0 Å². The van der Waals surface area contributed by atoms with Crippen molar-refractivity contribution in [2.75, 3.05) is 0 Å². The van der Waals surface area contributed by atoms with Crippen LogP contribution in [0.4, 0.5) is 0 Å². The molecule has 0 aromatic heterocycles. The van der Waals surface area contributed by atoms with Gasteiger partial charge in [-0.3, -0.25) is 0 Å². The number of rotatable bonds is 2. The van der Waals surface area contributed by atoms with Gasteiger partial charge >= 0.3 is 0 Å². The van der Waals surface area contributed by atoms with E-state index in [0.29, 0.717) is 5.92 Å². The molecule has 0 aliphatic heterocycles. The van der Waals surface area contributed by atoms with Crippen molar-refractivity contribution >= 4 is 44.7 Å². The van der Waals surface area contributed by atoms with Gasteiger partial charge in [-0.1, -0.05) is 61.0 Å². The van der Waals surface area contributed by atoms with Gasteiger partial charge in [0.15, 0.2) is 0 Å². The molecule has 0 spiro atoms. The van der Waals surface area contributed by atoms with Crippen molar-refractivity contribution in [2.45, 2.75) is 25.3 Å². The summed E-state index contributed by atoms with van der Waals surface area (Å²) in [6.45, 7) is 0. The summed E-state index contributed by atoms with van der Waals surface area (Å²) in [4.78, 5) is 0. The van der Waals surface area contributed by atoms with Crippen molar-refractivity contribution in [1.82, 2.24) is 0 Å². The lowest BCUT2D eigenvalue weighted by Crippen LogP contribution is -2.27. The molecule has 5 rings (SSSR count). The fourth-order valence-corrected chi connectivity index (χ4v) is 4.10. The van der Waals surface area contributed by atoms with Crippen LogP contribution in [-0.4, -0.2) is 0 Å². The Kier molecular flexibility index (Phi) is 3.44. The van der Waals surface area contributed by atoms with Crippen molar-refractivity contribution in [3.63, 3.8) is 0 Å². The highest BCUT2D eigenvalue weighted by Gasteiger charge is 2.27. The molecule has 0 saturated heterocycles. The Morgan fingerprint density at radius 3 is 2.04 bits per heavy atom. The first-order valence-corrected chi connectivity index (χ1v) is 8.25. The molecule has 2 N–H and O–H groups in total. The van der Waals surface area contributed by atoms with E-state index in [1.807, 2.05) is 0 Å². The molecule has 0 heterocycles. The Balaban J connectivity index is 0.00000135. The number of hydrogen-bond donors (Lipinski definition) is 1. The third-order valence-electron chi connectivity index (χ3n) is 5.58. The smallest absolute Gasteiger partial charge is 0.0329 e. The largest absolute Gasteiger partial charge is 0.324 e. The van der Waals surface area contributed by atoms with Crippen LogP contribution in [0.1, 0.15) is 30.9 Å². The zero-order valence-corrected chi connectivity index (χ0v) is 13.8. The molecule has 1 aliphatic rings. The van der Waals surface area contributed by atoms with Crippen molar-refractivity contribution < 1.29 is 0 Å². The summed E-state index contributed by atoms with van der Waals surface area (Å²) in [5.74, 6) is 0.665. The highest BCUT2D eigenvalue weighted by Crippen LogP contribution is 2.41. The lowest BCUT2D eigenvalue weighted by atomic mass is 9.76. The third-order valence-corrected chi connectivity index (χ3v) is 5.58. The Labute approximate surface area is 142 Å². The van der Waals surface area contributed by atoms with Crippen LogP contribution in [0.2, 0.25) is 0 Å². The van der Waals surface area contributed by atoms with E-state index in [9.17, 15) is 0 Å². The van der Waals surface area contributed by atoms with Crippen LogP contribution in [0.15, 0.2) is 54.6 Å². The summed E-state index contributed by atoms with van der Waals surface area (Å²) in [7, 11) is 0. The standard InChI is InChI=1S/C21H19N.ClH/c22-21(16-5-2-6-16)18-12-10-15-8-7-13-3-1-4-14-9-11-17(18)20(15)19(13)14;/h1,3-4,7-12,16,21H,2,5-6,22H2;1H/t21-;/m1./s1. The van der Waals surface area contributed by atoms with Gasteiger partial charge in [0.2, 0.25) is 0 Å². The van der Waals surface area contributed by atoms with Gasteiger partial charge in [-0.25, -0.2) is 0 Å². The SMILES string of the molecule is Cl.N[C@@H](c1ccc2ccc3cccc4ccc1c2c34)C1CCC1. The van der Waals surface area contributed by atoms with E-state index in [4.69, 9.17) is 5.73 Å². The molecular weight excluding hydrogens is 302 g/mol. The maximum absolute atomic E-state index is 6.60. The normalized spacial score (nSPS) is 16.6. The monoisotopic (exact) mass is 321 g/mol. The van der Waals surface area contributed by atoms with Gasteiger partial charge in [0.25, 0.3) is 0 Å². The highest BCUT2D eigenvalue weighted by atomic mass is 35.5. The summed E-state index contributed by atoms with van der Waals surface area (Å²) in [5, 5.41) is 8.10. The van der Waals surface area contributed by atoms with Crippen LogP contribution in [0.5, 0.6) is 0 Å². The minimum atomic E-state index is 0. The third kappa shape index (κ3) is 2.04. The molecule has 116 valence electrons. The fourth-order valence-electron chi connectivity index (χ4n) is 4.10. The predicted octanol–water partition coefficient (Wildman–Crippen LogP) is 5.81. The zero-order valence-electron chi connectivity index (χ0n) is 13.0. The maximum atomic E-state index is 6.60. The molecule has 1 aliphatic carbocycles.